The number of nitrogens with zero attached hydrogens (tertiary/aromatic N) is 5. The van der Waals surface area contributed by atoms with E-state index in [9.17, 15) is 9.18 Å². The second kappa shape index (κ2) is 8.60. The predicted octanol–water partition coefficient (Wildman–Crippen LogP) is 1.42. The molecular weight excluding hydrogens is 377 g/mol. The maximum Gasteiger partial charge on any atom is 0.254 e. The summed E-state index contributed by atoms with van der Waals surface area (Å²) < 4.78 is 24.2. The number of aromatic nitrogens is 2. The molecule has 0 atom stereocenters. The van der Waals surface area contributed by atoms with Gasteiger partial charge in [0.15, 0.2) is 17.4 Å². The van der Waals surface area contributed by atoms with Gasteiger partial charge in [-0.3, -0.25) is 4.79 Å². The van der Waals surface area contributed by atoms with Crippen molar-refractivity contribution in [2.75, 3.05) is 69.4 Å². The Morgan fingerprint density at radius 2 is 1.83 bits per heavy atom. The number of halogens is 1. The molecule has 29 heavy (non-hydrogen) atoms. The van der Waals surface area contributed by atoms with Gasteiger partial charge in [0.1, 0.15) is 0 Å². The lowest BCUT2D eigenvalue weighted by Crippen LogP contribution is -2.49. The fourth-order valence-corrected chi connectivity index (χ4v) is 3.62. The lowest BCUT2D eigenvalue weighted by Gasteiger charge is -2.36. The fourth-order valence-electron chi connectivity index (χ4n) is 3.62. The molecule has 2 saturated heterocycles. The number of carbonyl (C=O) groups excluding carboxylic acids is 1. The summed E-state index contributed by atoms with van der Waals surface area (Å²) in [7, 11) is 1.40. The molecule has 9 heteroatoms. The Labute approximate surface area is 168 Å². The zero-order chi connectivity index (χ0) is 20.2. The van der Waals surface area contributed by atoms with Crippen molar-refractivity contribution in [3.63, 3.8) is 0 Å². The number of benzene rings is 1. The van der Waals surface area contributed by atoms with E-state index in [1.807, 2.05) is 6.07 Å². The van der Waals surface area contributed by atoms with Gasteiger partial charge in [-0.15, -0.1) is 5.10 Å². The highest BCUT2D eigenvalue weighted by Gasteiger charge is 2.24. The van der Waals surface area contributed by atoms with Crippen LogP contribution in [0.4, 0.5) is 15.9 Å². The Hall–Kier alpha value is -2.94. The van der Waals surface area contributed by atoms with Crippen molar-refractivity contribution in [1.82, 2.24) is 15.1 Å². The normalized spacial score (nSPS) is 17.4. The fraction of sp³-hybridized carbons (Fsp3) is 0.450. The van der Waals surface area contributed by atoms with Crippen LogP contribution in [0.15, 0.2) is 30.5 Å². The summed E-state index contributed by atoms with van der Waals surface area (Å²) in [4.78, 5) is 18.8. The second-order valence-electron chi connectivity index (χ2n) is 7.00. The smallest absolute Gasteiger partial charge is 0.254 e. The molecule has 3 heterocycles. The Balaban J connectivity index is 1.39. The first kappa shape index (κ1) is 19.4. The van der Waals surface area contributed by atoms with E-state index < -0.39 is 5.82 Å². The van der Waals surface area contributed by atoms with Crippen molar-refractivity contribution >= 4 is 17.4 Å². The Morgan fingerprint density at radius 3 is 2.52 bits per heavy atom. The van der Waals surface area contributed by atoms with Gasteiger partial charge in [-0.1, -0.05) is 0 Å². The lowest BCUT2D eigenvalue weighted by atomic mass is 10.1. The third kappa shape index (κ3) is 4.24. The summed E-state index contributed by atoms with van der Waals surface area (Å²) in [5, 5.41) is 8.40. The van der Waals surface area contributed by atoms with Crippen LogP contribution in [0.25, 0.3) is 0 Å². The highest BCUT2D eigenvalue weighted by atomic mass is 19.1. The molecular formula is C20H24FN5O3. The number of hydrogen-bond donors (Lipinski definition) is 0. The molecule has 0 unspecified atom stereocenters. The number of amides is 1. The average molecular weight is 401 g/mol. The molecule has 0 spiro atoms. The van der Waals surface area contributed by atoms with Crippen molar-refractivity contribution in [1.29, 1.82) is 0 Å². The third-order valence-electron chi connectivity index (χ3n) is 5.29. The third-order valence-corrected chi connectivity index (χ3v) is 5.29. The standard InChI is InChI=1S/C20H24FN5O3/c1-28-18-3-2-15(12-17(18)21)20(27)26-6-4-24(5-7-26)16-13-19(23-22-14-16)25-8-10-29-11-9-25/h2-3,12-14H,4-11H2,1H3. The molecule has 1 aromatic heterocycles. The minimum absolute atomic E-state index is 0.132. The van der Waals surface area contributed by atoms with Gasteiger partial charge in [0, 0.05) is 50.9 Å². The number of ether oxygens (including phenoxy) is 2. The molecule has 2 aliphatic heterocycles. The molecule has 0 aliphatic carbocycles. The minimum Gasteiger partial charge on any atom is -0.494 e. The van der Waals surface area contributed by atoms with Gasteiger partial charge < -0.3 is 24.2 Å². The molecule has 0 saturated carbocycles. The van der Waals surface area contributed by atoms with E-state index in [1.165, 1.54) is 19.2 Å². The second-order valence-corrected chi connectivity index (χ2v) is 7.00. The van der Waals surface area contributed by atoms with Crippen LogP contribution < -0.4 is 14.5 Å². The van der Waals surface area contributed by atoms with Crippen LogP contribution in [0, 0.1) is 5.82 Å². The van der Waals surface area contributed by atoms with Crippen LogP contribution in [0.3, 0.4) is 0 Å². The summed E-state index contributed by atoms with van der Waals surface area (Å²) in [6, 6.07) is 6.34. The van der Waals surface area contributed by atoms with Crippen LogP contribution in [0.1, 0.15) is 10.4 Å². The van der Waals surface area contributed by atoms with Crippen molar-refractivity contribution in [3.05, 3.63) is 41.8 Å². The molecule has 8 nitrogen and oxygen atoms in total. The SMILES string of the molecule is COc1ccc(C(=O)N2CCN(c3cnnc(N4CCOCC4)c3)CC2)cc1F. The van der Waals surface area contributed by atoms with E-state index in [1.54, 1.807) is 17.2 Å². The predicted molar refractivity (Wildman–Crippen MR) is 106 cm³/mol. The van der Waals surface area contributed by atoms with Crippen molar-refractivity contribution in [2.45, 2.75) is 0 Å². The lowest BCUT2D eigenvalue weighted by molar-refractivity contribution is 0.0746. The van der Waals surface area contributed by atoms with Crippen molar-refractivity contribution < 1.29 is 18.7 Å². The minimum atomic E-state index is -0.532. The number of methoxy groups -OCH3 is 1. The number of carbonyl (C=O) groups is 1. The Morgan fingerprint density at radius 1 is 1.07 bits per heavy atom. The number of hydrogen-bond acceptors (Lipinski definition) is 7. The molecule has 1 aromatic carbocycles. The number of anilines is 2. The van der Waals surface area contributed by atoms with E-state index in [-0.39, 0.29) is 11.7 Å². The summed E-state index contributed by atoms with van der Waals surface area (Å²) in [6.45, 7) is 5.47. The summed E-state index contributed by atoms with van der Waals surface area (Å²) in [5.41, 5.74) is 1.32. The summed E-state index contributed by atoms with van der Waals surface area (Å²) >= 11 is 0. The Bertz CT molecular complexity index is 867. The topological polar surface area (TPSA) is 71.0 Å². The molecule has 0 bridgehead atoms. The van der Waals surface area contributed by atoms with Gasteiger partial charge in [-0.2, -0.15) is 5.10 Å². The molecule has 2 aliphatic rings. The van der Waals surface area contributed by atoms with E-state index >= 15 is 0 Å². The van der Waals surface area contributed by atoms with Crippen molar-refractivity contribution in [2.24, 2.45) is 0 Å². The van der Waals surface area contributed by atoms with Crippen LogP contribution in [-0.2, 0) is 4.74 Å². The molecule has 154 valence electrons. The monoisotopic (exact) mass is 401 g/mol. The van der Waals surface area contributed by atoms with Gasteiger partial charge in [0.25, 0.3) is 5.91 Å². The quantitative estimate of drug-likeness (QED) is 0.767. The van der Waals surface area contributed by atoms with Gasteiger partial charge in [0.2, 0.25) is 0 Å². The van der Waals surface area contributed by atoms with Gasteiger partial charge in [-0.25, -0.2) is 4.39 Å². The number of rotatable bonds is 4. The maximum absolute atomic E-state index is 13.9. The van der Waals surface area contributed by atoms with E-state index in [0.717, 1.165) is 24.6 Å². The number of piperazine rings is 1. The molecule has 0 N–H and O–H groups in total. The summed E-state index contributed by atoms with van der Waals surface area (Å²) in [6.07, 6.45) is 1.75. The molecule has 1 amide bonds. The Kier molecular flexibility index (Phi) is 5.75. The van der Waals surface area contributed by atoms with Crippen molar-refractivity contribution in [3.8, 4) is 5.75 Å². The molecule has 2 aromatic rings. The highest BCUT2D eigenvalue weighted by Crippen LogP contribution is 2.23. The zero-order valence-electron chi connectivity index (χ0n) is 16.4. The van der Waals surface area contributed by atoms with Gasteiger partial charge in [-0.05, 0) is 18.2 Å². The van der Waals surface area contributed by atoms with Crippen LogP contribution >= 0.6 is 0 Å². The molecule has 0 radical (unpaired) electrons. The molecule has 2 fully saturated rings. The number of morpholine rings is 1. The van der Waals surface area contributed by atoms with E-state index in [0.29, 0.717) is 45.0 Å². The van der Waals surface area contributed by atoms with E-state index in [4.69, 9.17) is 9.47 Å². The van der Waals surface area contributed by atoms with Crippen LogP contribution in [0.5, 0.6) is 5.75 Å². The average Bonchev–Trinajstić information content (AvgIpc) is 2.79. The highest BCUT2D eigenvalue weighted by molar-refractivity contribution is 5.94. The summed E-state index contributed by atoms with van der Waals surface area (Å²) in [5.74, 6) is 0.272. The van der Waals surface area contributed by atoms with Crippen LogP contribution in [0.2, 0.25) is 0 Å². The van der Waals surface area contributed by atoms with Gasteiger partial charge in [0.05, 0.1) is 32.2 Å². The first-order chi connectivity index (χ1) is 14.2. The zero-order valence-corrected chi connectivity index (χ0v) is 16.4. The maximum atomic E-state index is 13.9. The first-order valence-corrected chi connectivity index (χ1v) is 9.69. The molecule has 4 rings (SSSR count). The largest absolute Gasteiger partial charge is 0.494 e. The van der Waals surface area contributed by atoms with Gasteiger partial charge >= 0.3 is 0 Å². The van der Waals surface area contributed by atoms with Crippen LogP contribution in [-0.4, -0.2) is 80.6 Å². The van der Waals surface area contributed by atoms with E-state index in [2.05, 4.69) is 20.0 Å². The first-order valence-electron chi connectivity index (χ1n) is 9.69.